The number of aliphatic imine (C=N–C) groups is 1. The molecular weight excluding hydrogens is 329 g/mol. The molecule has 4 nitrogen and oxygen atoms in total. The number of allylic oxidation sites excluding steroid dienone is 1. The number of hydrogen-bond donors (Lipinski definition) is 2. The van der Waals surface area contributed by atoms with E-state index in [2.05, 4.69) is 27.8 Å². The fraction of sp³-hybridized carbons (Fsp3) is 0.750. The molecule has 5 heteroatoms. The van der Waals surface area contributed by atoms with Gasteiger partial charge in [-0.25, -0.2) is 0 Å². The molecule has 0 amide bonds. The summed E-state index contributed by atoms with van der Waals surface area (Å²) in [5, 5.41) is 6.48. The van der Waals surface area contributed by atoms with Crippen molar-refractivity contribution in [3.63, 3.8) is 0 Å². The number of rotatable bonds is 8. The Balaban J connectivity index is 0. The van der Waals surface area contributed by atoms with Crippen LogP contribution < -0.4 is 10.6 Å². The minimum Gasteiger partial charge on any atom is -0.382 e. The Morgan fingerprint density at radius 3 is 2.59 bits per heavy atom. The van der Waals surface area contributed by atoms with Gasteiger partial charge >= 0.3 is 0 Å². The van der Waals surface area contributed by atoms with Crippen molar-refractivity contribution in [1.82, 2.24) is 10.6 Å². The Labute approximate surface area is 122 Å². The van der Waals surface area contributed by atoms with Gasteiger partial charge in [0.1, 0.15) is 0 Å². The second kappa shape index (κ2) is 15.7. The molecule has 102 valence electrons. The van der Waals surface area contributed by atoms with Crippen molar-refractivity contribution in [1.29, 1.82) is 0 Å². The van der Waals surface area contributed by atoms with Crippen molar-refractivity contribution >= 4 is 29.9 Å². The minimum atomic E-state index is 0. The highest BCUT2D eigenvalue weighted by molar-refractivity contribution is 14.0. The van der Waals surface area contributed by atoms with Crippen LogP contribution in [0, 0.1) is 0 Å². The van der Waals surface area contributed by atoms with Crippen molar-refractivity contribution in [3.05, 3.63) is 12.2 Å². The summed E-state index contributed by atoms with van der Waals surface area (Å²) in [7, 11) is 1.79. The molecule has 0 radical (unpaired) electrons. The summed E-state index contributed by atoms with van der Waals surface area (Å²) >= 11 is 0. The van der Waals surface area contributed by atoms with Crippen molar-refractivity contribution in [2.24, 2.45) is 4.99 Å². The van der Waals surface area contributed by atoms with Crippen LogP contribution in [0.5, 0.6) is 0 Å². The lowest BCUT2D eigenvalue weighted by Crippen LogP contribution is -2.38. The number of guanidine groups is 1. The fourth-order valence-electron chi connectivity index (χ4n) is 1.19. The van der Waals surface area contributed by atoms with E-state index in [1.807, 2.05) is 13.8 Å². The van der Waals surface area contributed by atoms with E-state index in [0.29, 0.717) is 0 Å². The lowest BCUT2D eigenvalue weighted by atomic mass is 10.4. The van der Waals surface area contributed by atoms with Gasteiger partial charge in [-0.05, 0) is 26.7 Å². The van der Waals surface area contributed by atoms with Gasteiger partial charge in [0.15, 0.2) is 5.96 Å². The van der Waals surface area contributed by atoms with Gasteiger partial charge in [0.05, 0.1) is 0 Å². The van der Waals surface area contributed by atoms with Gasteiger partial charge < -0.3 is 15.4 Å². The summed E-state index contributed by atoms with van der Waals surface area (Å²) in [4.78, 5) is 4.13. The molecule has 0 heterocycles. The van der Waals surface area contributed by atoms with E-state index in [-0.39, 0.29) is 24.0 Å². The molecule has 0 aromatic carbocycles. The summed E-state index contributed by atoms with van der Waals surface area (Å²) in [5.74, 6) is 0.862. The number of nitrogens with one attached hydrogen (secondary N) is 2. The van der Waals surface area contributed by atoms with E-state index >= 15 is 0 Å². The quantitative estimate of drug-likeness (QED) is 0.231. The minimum absolute atomic E-state index is 0. The highest BCUT2D eigenvalue weighted by Crippen LogP contribution is 1.82. The molecule has 0 bridgehead atoms. The zero-order valence-electron chi connectivity index (χ0n) is 11.2. The van der Waals surface area contributed by atoms with Gasteiger partial charge in [0.2, 0.25) is 0 Å². The maximum Gasteiger partial charge on any atom is 0.190 e. The summed E-state index contributed by atoms with van der Waals surface area (Å²) in [6, 6.07) is 0. The maximum atomic E-state index is 5.25. The molecular formula is C12H26IN3O. The van der Waals surface area contributed by atoms with Crippen molar-refractivity contribution < 1.29 is 4.74 Å². The van der Waals surface area contributed by atoms with Gasteiger partial charge in [-0.15, -0.1) is 24.0 Å². The van der Waals surface area contributed by atoms with Crippen LogP contribution in [0.2, 0.25) is 0 Å². The van der Waals surface area contributed by atoms with Crippen molar-refractivity contribution in [3.8, 4) is 0 Å². The van der Waals surface area contributed by atoms with Gasteiger partial charge in [-0.3, -0.25) is 4.99 Å². The Morgan fingerprint density at radius 1 is 1.29 bits per heavy atom. The largest absolute Gasteiger partial charge is 0.382 e. The van der Waals surface area contributed by atoms with Gasteiger partial charge in [0, 0.05) is 33.4 Å². The highest BCUT2D eigenvalue weighted by atomic mass is 127. The average molecular weight is 355 g/mol. The Hall–Kier alpha value is -0.300. The standard InChI is InChI=1S/C12H25N3O.HI/c1-4-6-7-9-14-12(13-3)15-10-8-11-16-5-2;/h4,6H,5,7-11H2,1-3H3,(H2,13,14,15);1H. The maximum absolute atomic E-state index is 5.25. The van der Waals surface area contributed by atoms with Crippen LogP contribution in [-0.4, -0.2) is 39.3 Å². The summed E-state index contributed by atoms with van der Waals surface area (Å²) < 4.78 is 5.25. The van der Waals surface area contributed by atoms with Gasteiger partial charge in [-0.2, -0.15) is 0 Å². The Morgan fingerprint density at radius 2 is 2.00 bits per heavy atom. The van der Waals surface area contributed by atoms with E-state index in [4.69, 9.17) is 4.74 Å². The SMILES string of the molecule is CC=CCCNC(=NC)NCCCOCC.I. The first kappa shape index (κ1) is 19.0. The normalized spacial score (nSPS) is 11.4. The molecule has 0 spiro atoms. The zero-order chi connectivity index (χ0) is 12.1. The first-order chi connectivity index (χ1) is 7.85. The molecule has 17 heavy (non-hydrogen) atoms. The van der Waals surface area contributed by atoms with E-state index in [9.17, 15) is 0 Å². The number of hydrogen-bond acceptors (Lipinski definition) is 2. The van der Waals surface area contributed by atoms with E-state index in [1.54, 1.807) is 7.05 Å². The number of ether oxygens (including phenoxy) is 1. The molecule has 0 aromatic rings. The predicted octanol–water partition coefficient (Wildman–Crippen LogP) is 2.16. The molecule has 0 saturated heterocycles. The van der Waals surface area contributed by atoms with Crippen LogP contribution >= 0.6 is 24.0 Å². The number of halogens is 1. The zero-order valence-corrected chi connectivity index (χ0v) is 13.5. The second-order valence-electron chi connectivity index (χ2n) is 3.33. The molecule has 0 aliphatic heterocycles. The number of nitrogens with zero attached hydrogens (tertiary/aromatic N) is 1. The monoisotopic (exact) mass is 355 g/mol. The first-order valence-electron chi connectivity index (χ1n) is 5.98. The Kier molecular flexibility index (Phi) is 17.6. The lowest BCUT2D eigenvalue weighted by molar-refractivity contribution is 0.145. The molecule has 0 fully saturated rings. The van der Waals surface area contributed by atoms with Crippen LogP contribution in [0.25, 0.3) is 0 Å². The van der Waals surface area contributed by atoms with Gasteiger partial charge in [-0.1, -0.05) is 12.2 Å². The molecule has 0 atom stereocenters. The third-order valence-corrected chi connectivity index (χ3v) is 2.02. The summed E-state index contributed by atoms with van der Waals surface area (Å²) in [6.45, 7) is 7.43. The third kappa shape index (κ3) is 13.6. The first-order valence-corrected chi connectivity index (χ1v) is 5.98. The van der Waals surface area contributed by atoms with E-state index in [0.717, 1.165) is 45.1 Å². The highest BCUT2D eigenvalue weighted by Gasteiger charge is 1.94. The Bertz CT molecular complexity index is 208. The molecule has 0 aliphatic rings. The van der Waals surface area contributed by atoms with Gasteiger partial charge in [0.25, 0.3) is 0 Å². The topological polar surface area (TPSA) is 45.7 Å². The molecule has 2 N–H and O–H groups in total. The van der Waals surface area contributed by atoms with E-state index < -0.39 is 0 Å². The third-order valence-electron chi connectivity index (χ3n) is 2.02. The molecule has 0 unspecified atom stereocenters. The smallest absolute Gasteiger partial charge is 0.190 e. The van der Waals surface area contributed by atoms with Crippen LogP contribution in [0.3, 0.4) is 0 Å². The molecule has 0 saturated carbocycles. The van der Waals surface area contributed by atoms with Crippen molar-refractivity contribution in [2.45, 2.75) is 26.7 Å². The summed E-state index contributed by atoms with van der Waals surface area (Å²) in [6.07, 6.45) is 6.22. The second-order valence-corrected chi connectivity index (χ2v) is 3.33. The molecule has 0 aromatic heterocycles. The van der Waals surface area contributed by atoms with Crippen LogP contribution in [0.15, 0.2) is 17.1 Å². The van der Waals surface area contributed by atoms with Crippen LogP contribution in [0.4, 0.5) is 0 Å². The van der Waals surface area contributed by atoms with Crippen molar-refractivity contribution in [2.75, 3.05) is 33.4 Å². The fourth-order valence-corrected chi connectivity index (χ4v) is 1.19. The van der Waals surface area contributed by atoms with Crippen LogP contribution in [-0.2, 0) is 4.74 Å². The molecule has 0 aliphatic carbocycles. The average Bonchev–Trinajstić information content (AvgIpc) is 2.31. The predicted molar refractivity (Wildman–Crippen MR) is 85.3 cm³/mol. The van der Waals surface area contributed by atoms with Crippen LogP contribution in [0.1, 0.15) is 26.7 Å². The molecule has 0 rings (SSSR count). The van der Waals surface area contributed by atoms with E-state index in [1.165, 1.54) is 0 Å². The lowest BCUT2D eigenvalue weighted by Gasteiger charge is -2.10. The summed E-state index contributed by atoms with van der Waals surface area (Å²) in [5.41, 5.74) is 0.